The molecule has 2 nitrogen and oxygen atoms in total. The second-order valence-electron chi connectivity index (χ2n) is 6.34. The molecule has 1 fully saturated rings. The monoisotopic (exact) mass is 262 g/mol. The molecule has 2 heteroatoms. The minimum absolute atomic E-state index is 0.436. The number of ether oxygens (including phenoxy) is 1. The number of rotatable bonds is 4. The molecule has 19 heavy (non-hydrogen) atoms. The molecule has 0 bridgehead atoms. The van der Waals surface area contributed by atoms with Gasteiger partial charge in [-0.3, -0.25) is 0 Å². The zero-order valence-corrected chi connectivity index (χ0v) is 12.4. The van der Waals surface area contributed by atoms with E-state index < -0.39 is 5.60 Å². The van der Waals surface area contributed by atoms with Crippen LogP contribution in [0.5, 0.6) is 5.75 Å². The van der Waals surface area contributed by atoms with E-state index in [0.29, 0.717) is 5.92 Å². The minimum atomic E-state index is -0.589. The van der Waals surface area contributed by atoms with E-state index in [1.807, 2.05) is 19.1 Å². The van der Waals surface area contributed by atoms with Crippen molar-refractivity contribution >= 4 is 0 Å². The van der Waals surface area contributed by atoms with Crippen LogP contribution in [0.4, 0.5) is 0 Å². The molecule has 1 saturated carbocycles. The predicted molar refractivity (Wildman–Crippen MR) is 78.4 cm³/mol. The molecule has 106 valence electrons. The lowest BCUT2D eigenvalue weighted by atomic mass is 9.72. The Labute approximate surface area is 116 Å². The lowest BCUT2D eigenvalue weighted by Gasteiger charge is -2.37. The molecule has 0 saturated heterocycles. The van der Waals surface area contributed by atoms with Gasteiger partial charge in [0.25, 0.3) is 0 Å². The zero-order chi connectivity index (χ0) is 13.9. The van der Waals surface area contributed by atoms with Crippen molar-refractivity contribution in [2.75, 3.05) is 7.11 Å². The molecule has 1 aliphatic carbocycles. The Morgan fingerprint density at radius 1 is 1.16 bits per heavy atom. The number of aliphatic hydroxyl groups is 1. The average molecular weight is 262 g/mol. The molecular formula is C17H26O2. The Balaban J connectivity index is 1.99. The fourth-order valence-electron chi connectivity index (χ4n) is 3.18. The first-order chi connectivity index (χ1) is 9.01. The van der Waals surface area contributed by atoms with E-state index in [0.717, 1.165) is 30.9 Å². The van der Waals surface area contributed by atoms with Crippen molar-refractivity contribution in [3.05, 3.63) is 29.8 Å². The standard InChI is InChI=1S/C17H26O2/c1-13-4-8-15(9-5-13)17(2,18)12-14-6-10-16(19-3)11-7-14/h6-7,10-11,13,15,18H,4-5,8-9,12H2,1-3H3. The van der Waals surface area contributed by atoms with Crippen molar-refractivity contribution in [1.82, 2.24) is 0 Å². The lowest BCUT2D eigenvalue weighted by Crippen LogP contribution is -2.38. The van der Waals surface area contributed by atoms with E-state index in [-0.39, 0.29) is 0 Å². The highest BCUT2D eigenvalue weighted by molar-refractivity contribution is 5.28. The van der Waals surface area contributed by atoms with Crippen molar-refractivity contribution in [1.29, 1.82) is 0 Å². The first-order valence-corrected chi connectivity index (χ1v) is 7.36. The molecule has 0 amide bonds. The summed E-state index contributed by atoms with van der Waals surface area (Å²) >= 11 is 0. The summed E-state index contributed by atoms with van der Waals surface area (Å²) in [4.78, 5) is 0. The summed E-state index contributed by atoms with van der Waals surface area (Å²) in [5, 5.41) is 10.8. The van der Waals surface area contributed by atoms with E-state index in [1.165, 1.54) is 18.4 Å². The summed E-state index contributed by atoms with van der Waals surface area (Å²) in [6, 6.07) is 8.04. The highest BCUT2D eigenvalue weighted by Gasteiger charge is 2.34. The fourth-order valence-corrected chi connectivity index (χ4v) is 3.18. The highest BCUT2D eigenvalue weighted by atomic mass is 16.5. The van der Waals surface area contributed by atoms with Gasteiger partial charge in [-0.2, -0.15) is 0 Å². The van der Waals surface area contributed by atoms with Crippen molar-refractivity contribution in [2.45, 2.75) is 51.6 Å². The number of benzene rings is 1. The van der Waals surface area contributed by atoms with Gasteiger partial charge in [0.15, 0.2) is 0 Å². The smallest absolute Gasteiger partial charge is 0.118 e. The maximum atomic E-state index is 10.8. The van der Waals surface area contributed by atoms with Crippen LogP contribution in [0.2, 0.25) is 0 Å². The molecule has 0 aliphatic heterocycles. The summed E-state index contributed by atoms with van der Waals surface area (Å²) in [5.74, 6) is 2.13. The Bertz CT molecular complexity index is 386. The second kappa shape index (κ2) is 5.96. The van der Waals surface area contributed by atoms with E-state index in [1.54, 1.807) is 7.11 Å². The van der Waals surface area contributed by atoms with E-state index >= 15 is 0 Å². The molecule has 1 N–H and O–H groups in total. The van der Waals surface area contributed by atoms with Gasteiger partial charge in [-0.1, -0.05) is 31.9 Å². The number of methoxy groups -OCH3 is 1. The molecule has 1 atom stereocenters. The van der Waals surface area contributed by atoms with E-state index in [9.17, 15) is 5.11 Å². The van der Waals surface area contributed by atoms with Gasteiger partial charge >= 0.3 is 0 Å². The molecule has 0 spiro atoms. The average Bonchev–Trinajstić information content (AvgIpc) is 2.40. The Kier molecular flexibility index (Phi) is 4.51. The maximum Gasteiger partial charge on any atom is 0.118 e. The van der Waals surface area contributed by atoms with Gasteiger partial charge in [-0.25, -0.2) is 0 Å². The Morgan fingerprint density at radius 3 is 2.26 bits per heavy atom. The molecule has 0 aromatic heterocycles. The lowest BCUT2D eigenvalue weighted by molar-refractivity contribution is -0.0208. The molecule has 1 aromatic rings. The first kappa shape index (κ1) is 14.4. The molecule has 0 radical (unpaired) electrons. The van der Waals surface area contributed by atoms with Crippen LogP contribution < -0.4 is 4.74 Å². The van der Waals surface area contributed by atoms with Crippen molar-refractivity contribution in [3.63, 3.8) is 0 Å². The Hall–Kier alpha value is -1.02. The van der Waals surface area contributed by atoms with Crippen molar-refractivity contribution in [2.24, 2.45) is 11.8 Å². The van der Waals surface area contributed by atoms with Crippen LogP contribution in [0.3, 0.4) is 0 Å². The van der Waals surface area contributed by atoms with Gasteiger partial charge < -0.3 is 9.84 Å². The van der Waals surface area contributed by atoms with Crippen molar-refractivity contribution < 1.29 is 9.84 Å². The normalized spacial score (nSPS) is 26.7. The van der Waals surface area contributed by atoms with Gasteiger partial charge in [-0.15, -0.1) is 0 Å². The largest absolute Gasteiger partial charge is 0.497 e. The summed E-state index contributed by atoms with van der Waals surface area (Å²) < 4.78 is 5.16. The van der Waals surface area contributed by atoms with Gasteiger partial charge in [-0.05, 0) is 49.3 Å². The molecular weight excluding hydrogens is 236 g/mol. The van der Waals surface area contributed by atoms with Crippen LogP contribution >= 0.6 is 0 Å². The van der Waals surface area contributed by atoms with E-state index in [4.69, 9.17) is 4.74 Å². The van der Waals surface area contributed by atoms with Crippen LogP contribution in [0.15, 0.2) is 24.3 Å². The molecule has 1 unspecified atom stereocenters. The molecule has 1 aromatic carbocycles. The van der Waals surface area contributed by atoms with Crippen LogP contribution in [0, 0.1) is 11.8 Å². The fraction of sp³-hybridized carbons (Fsp3) is 0.647. The number of hydrogen-bond donors (Lipinski definition) is 1. The van der Waals surface area contributed by atoms with Crippen molar-refractivity contribution in [3.8, 4) is 5.75 Å². The van der Waals surface area contributed by atoms with Crippen LogP contribution in [0.1, 0.15) is 45.1 Å². The van der Waals surface area contributed by atoms with Gasteiger partial charge in [0.05, 0.1) is 12.7 Å². The van der Waals surface area contributed by atoms with Crippen LogP contribution in [-0.4, -0.2) is 17.8 Å². The maximum absolute atomic E-state index is 10.8. The molecule has 2 rings (SSSR count). The SMILES string of the molecule is COc1ccc(CC(C)(O)C2CCC(C)CC2)cc1. The first-order valence-electron chi connectivity index (χ1n) is 7.36. The second-order valence-corrected chi connectivity index (χ2v) is 6.34. The topological polar surface area (TPSA) is 29.5 Å². The Morgan fingerprint density at radius 2 is 1.74 bits per heavy atom. The van der Waals surface area contributed by atoms with Gasteiger partial charge in [0, 0.05) is 6.42 Å². The summed E-state index contributed by atoms with van der Waals surface area (Å²) in [6.07, 6.45) is 5.55. The summed E-state index contributed by atoms with van der Waals surface area (Å²) in [5.41, 5.74) is 0.596. The summed E-state index contributed by atoms with van der Waals surface area (Å²) in [6.45, 7) is 4.31. The van der Waals surface area contributed by atoms with Gasteiger partial charge in [0.1, 0.15) is 5.75 Å². The number of hydrogen-bond acceptors (Lipinski definition) is 2. The minimum Gasteiger partial charge on any atom is -0.497 e. The molecule has 0 heterocycles. The van der Waals surface area contributed by atoms with Crippen LogP contribution in [-0.2, 0) is 6.42 Å². The highest BCUT2D eigenvalue weighted by Crippen LogP contribution is 2.37. The third-order valence-electron chi connectivity index (χ3n) is 4.62. The third kappa shape index (κ3) is 3.73. The van der Waals surface area contributed by atoms with Crippen LogP contribution in [0.25, 0.3) is 0 Å². The quantitative estimate of drug-likeness (QED) is 0.894. The van der Waals surface area contributed by atoms with Gasteiger partial charge in [0.2, 0.25) is 0 Å². The predicted octanol–water partition coefficient (Wildman–Crippen LogP) is 3.82. The third-order valence-corrected chi connectivity index (χ3v) is 4.62. The zero-order valence-electron chi connectivity index (χ0n) is 12.4. The summed E-state index contributed by atoms with van der Waals surface area (Å²) in [7, 11) is 1.67. The van der Waals surface area contributed by atoms with E-state index in [2.05, 4.69) is 19.1 Å². The molecule has 1 aliphatic rings.